The number of hydrazone groups is 1. The average Bonchev–Trinajstić information content (AvgIpc) is 2.57. The number of carbonyl (C=O) groups is 1. The van der Waals surface area contributed by atoms with Crippen LogP contribution < -0.4 is 9.73 Å². The molecule has 144 valence electrons. The van der Waals surface area contributed by atoms with E-state index in [9.17, 15) is 13.2 Å². The van der Waals surface area contributed by atoms with E-state index >= 15 is 0 Å². The zero-order chi connectivity index (χ0) is 19.0. The number of sulfonamides is 1. The standard InChI is InChI=1S/C19H29N3O3S/c1-3-16-11-9-10-14-18(16)22(26(2,24)25)15-19(23)21-20-17-12-7-5-4-6-8-13-17/h9-11,14H,3-8,12-13,15H2,1-2H3,(H,21,23). The van der Waals surface area contributed by atoms with Crippen molar-refractivity contribution in [2.24, 2.45) is 5.10 Å². The van der Waals surface area contributed by atoms with Crippen LogP contribution in [-0.4, -0.2) is 32.8 Å². The van der Waals surface area contributed by atoms with E-state index in [4.69, 9.17) is 0 Å². The molecular weight excluding hydrogens is 350 g/mol. The highest BCUT2D eigenvalue weighted by Crippen LogP contribution is 2.23. The van der Waals surface area contributed by atoms with Crippen LogP contribution in [0.4, 0.5) is 5.69 Å². The maximum atomic E-state index is 12.3. The second-order valence-corrected chi connectivity index (χ2v) is 8.64. The smallest absolute Gasteiger partial charge is 0.260 e. The fourth-order valence-corrected chi connectivity index (χ4v) is 4.05. The average molecular weight is 380 g/mol. The first-order chi connectivity index (χ1) is 12.4. The van der Waals surface area contributed by atoms with Crippen molar-refractivity contribution in [2.75, 3.05) is 17.1 Å². The quantitative estimate of drug-likeness (QED) is 0.771. The second kappa shape index (κ2) is 9.71. The molecule has 0 saturated heterocycles. The van der Waals surface area contributed by atoms with E-state index in [1.54, 1.807) is 12.1 Å². The van der Waals surface area contributed by atoms with Crippen LogP contribution in [-0.2, 0) is 21.2 Å². The van der Waals surface area contributed by atoms with E-state index in [0.717, 1.165) is 47.5 Å². The van der Waals surface area contributed by atoms with Crippen LogP contribution in [0.15, 0.2) is 29.4 Å². The molecule has 26 heavy (non-hydrogen) atoms. The Hall–Kier alpha value is -1.89. The lowest BCUT2D eigenvalue weighted by Gasteiger charge is -2.23. The Morgan fingerprint density at radius 1 is 1.12 bits per heavy atom. The van der Waals surface area contributed by atoms with Crippen molar-refractivity contribution in [1.82, 2.24) is 5.43 Å². The molecular formula is C19H29N3O3S. The molecule has 0 spiro atoms. The van der Waals surface area contributed by atoms with Gasteiger partial charge in [-0.2, -0.15) is 5.10 Å². The minimum Gasteiger partial charge on any atom is -0.271 e. The summed E-state index contributed by atoms with van der Waals surface area (Å²) in [7, 11) is -3.58. The molecule has 1 aromatic carbocycles. The monoisotopic (exact) mass is 379 g/mol. The third kappa shape index (κ3) is 6.12. The van der Waals surface area contributed by atoms with Crippen LogP contribution in [0.5, 0.6) is 0 Å². The van der Waals surface area contributed by atoms with Crippen molar-refractivity contribution in [3.05, 3.63) is 29.8 Å². The zero-order valence-corrected chi connectivity index (χ0v) is 16.5. The number of carbonyl (C=O) groups excluding carboxylic acids is 1. The fourth-order valence-electron chi connectivity index (χ4n) is 3.17. The van der Waals surface area contributed by atoms with Gasteiger partial charge in [0.15, 0.2) is 0 Å². The molecule has 0 unspecified atom stereocenters. The van der Waals surface area contributed by atoms with Gasteiger partial charge in [-0.1, -0.05) is 44.4 Å². The van der Waals surface area contributed by atoms with Gasteiger partial charge in [0.25, 0.3) is 5.91 Å². The molecule has 0 atom stereocenters. The van der Waals surface area contributed by atoms with E-state index in [0.29, 0.717) is 12.1 Å². The van der Waals surface area contributed by atoms with E-state index < -0.39 is 15.9 Å². The SMILES string of the molecule is CCc1ccccc1N(CC(=O)NN=C1CCCCCCC1)S(C)(=O)=O. The number of nitrogens with zero attached hydrogens (tertiary/aromatic N) is 2. The molecule has 6 nitrogen and oxygen atoms in total. The minimum atomic E-state index is -3.58. The summed E-state index contributed by atoms with van der Waals surface area (Å²) in [5, 5.41) is 4.25. The van der Waals surface area contributed by atoms with E-state index in [1.165, 1.54) is 19.3 Å². The molecule has 1 aromatic rings. The highest BCUT2D eigenvalue weighted by molar-refractivity contribution is 7.92. The van der Waals surface area contributed by atoms with Crippen molar-refractivity contribution < 1.29 is 13.2 Å². The topological polar surface area (TPSA) is 78.8 Å². The molecule has 0 aromatic heterocycles. The number of hydrogen-bond donors (Lipinski definition) is 1. The molecule has 0 heterocycles. The Bertz CT molecular complexity index is 734. The van der Waals surface area contributed by atoms with Crippen LogP contribution in [0.1, 0.15) is 57.4 Å². The Morgan fingerprint density at radius 2 is 1.73 bits per heavy atom. The van der Waals surface area contributed by atoms with Gasteiger partial charge >= 0.3 is 0 Å². The largest absolute Gasteiger partial charge is 0.271 e. The first-order valence-electron chi connectivity index (χ1n) is 9.31. The number of nitrogens with one attached hydrogen (secondary N) is 1. The number of para-hydroxylation sites is 1. The number of aryl methyl sites for hydroxylation is 1. The summed E-state index contributed by atoms with van der Waals surface area (Å²) in [6.45, 7) is 1.69. The molecule has 0 bridgehead atoms. The summed E-state index contributed by atoms with van der Waals surface area (Å²) < 4.78 is 25.6. The normalized spacial score (nSPS) is 15.7. The summed E-state index contributed by atoms with van der Waals surface area (Å²) in [6.07, 6.45) is 9.44. The lowest BCUT2D eigenvalue weighted by atomic mass is 9.99. The van der Waals surface area contributed by atoms with Crippen molar-refractivity contribution in [2.45, 2.75) is 58.3 Å². The lowest BCUT2D eigenvalue weighted by molar-refractivity contribution is -0.119. The number of hydrogen-bond acceptors (Lipinski definition) is 4. The maximum absolute atomic E-state index is 12.3. The van der Waals surface area contributed by atoms with E-state index in [2.05, 4.69) is 10.5 Å². The summed E-state index contributed by atoms with van der Waals surface area (Å²) in [6, 6.07) is 7.25. The summed E-state index contributed by atoms with van der Waals surface area (Å²) in [5.74, 6) is -0.420. The maximum Gasteiger partial charge on any atom is 0.260 e. The Labute approximate surface area is 156 Å². The Balaban J connectivity index is 2.09. The molecule has 0 radical (unpaired) electrons. The molecule has 2 rings (SSSR count). The Morgan fingerprint density at radius 3 is 2.35 bits per heavy atom. The van der Waals surface area contributed by atoms with Crippen LogP contribution in [0, 0.1) is 0 Å². The fraction of sp³-hybridized carbons (Fsp3) is 0.579. The molecule has 1 fully saturated rings. The minimum absolute atomic E-state index is 0.271. The van der Waals surface area contributed by atoms with Gasteiger partial charge in [-0.3, -0.25) is 9.10 Å². The van der Waals surface area contributed by atoms with Gasteiger partial charge in [-0.05, 0) is 43.7 Å². The van der Waals surface area contributed by atoms with E-state index in [-0.39, 0.29) is 6.54 Å². The van der Waals surface area contributed by atoms with Gasteiger partial charge in [0.2, 0.25) is 10.0 Å². The number of anilines is 1. The number of benzene rings is 1. The van der Waals surface area contributed by atoms with Crippen LogP contribution in [0.2, 0.25) is 0 Å². The number of rotatable bonds is 6. The van der Waals surface area contributed by atoms with Gasteiger partial charge in [-0.15, -0.1) is 0 Å². The predicted molar refractivity (Wildman–Crippen MR) is 106 cm³/mol. The van der Waals surface area contributed by atoms with Crippen molar-refractivity contribution >= 4 is 27.3 Å². The van der Waals surface area contributed by atoms with Gasteiger partial charge in [-0.25, -0.2) is 13.8 Å². The highest BCUT2D eigenvalue weighted by atomic mass is 32.2. The molecule has 7 heteroatoms. The van der Waals surface area contributed by atoms with Crippen LogP contribution >= 0.6 is 0 Å². The first kappa shape index (κ1) is 20.4. The highest BCUT2D eigenvalue weighted by Gasteiger charge is 2.22. The van der Waals surface area contributed by atoms with Crippen molar-refractivity contribution in [1.29, 1.82) is 0 Å². The molecule has 1 aliphatic rings. The summed E-state index contributed by atoms with van der Waals surface area (Å²) in [4.78, 5) is 12.3. The third-order valence-corrected chi connectivity index (χ3v) is 5.72. The molecule has 1 saturated carbocycles. The van der Waals surface area contributed by atoms with Gasteiger partial charge < -0.3 is 0 Å². The predicted octanol–water partition coefficient (Wildman–Crippen LogP) is 3.23. The molecule has 1 aliphatic carbocycles. The van der Waals surface area contributed by atoms with Crippen LogP contribution in [0.25, 0.3) is 0 Å². The molecule has 1 amide bonds. The summed E-state index contributed by atoms with van der Waals surface area (Å²) in [5.41, 5.74) is 4.98. The van der Waals surface area contributed by atoms with E-state index in [1.807, 2.05) is 19.1 Å². The molecule has 1 N–H and O–H groups in total. The Kier molecular flexibility index (Phi) is 7.63. The van der Waals surface area contributed by atoms with Crippen molar-refractivity contribution in [3.63, 3.8) is 0 Å². The van der Waals surface area contributed by atoms with Crippen molar-refractivity contribution in [3.8, 4) is 0 Å². The van der Waals surface area contributed by atoms with Gasteiger partial charge in [0, 0.05) is 5.71 Å². The summed E-state index contributed by atoms with van der Waals surface area (Å²) >= 11 is 0. The number of amides is 1. The lowest BCUT2D eigenvalue weighted by Crippen LogP contribution is -2.39. The first-order valence-corrected chi connectivity index (χ1v) is 11.2. The van der Waals surface area contributed by atoms with Crippen LogP contribution in [0.3, 0.4) is 0 Å². The molecule has 0 aliphatic heterocycles. The van der Waals surface area contributed by atoms with Gasteiger partial charge in [0.1, 0.15) is 6.54 Å². The zero-order valence-electron chi connectivity index (χ0n) is 15.7. The second-order valence-electron chi connectivity index (χ2n) is 6.73. The van der Waals surface area contributed by atoms with Gasteiger partial charge in [0.05, 0.1) is 11.9 Å². The third-order valence-electron chi connectivity index (χ3n) is 4.60.